The summed E-state index contributed by atoms with van der Waals surface area (Å²) in [5, 5.41) is 12.9. The van der Waals surface area contributed by atoms with Crippen molar-refractivity contribution >= 4 is 11.7 Å². The van der Waals surface area contributed by atoms with Gasteiger partial charge in [-0.2, -0.15) is 0 Å². The Bertz CT molecular complexity index is 794. The predicted octanol–water partition coefficient (Wildman–Crippen LogP) is 5.05. The van der Waals surface area contributed by atoms with Gasteiger partial charge in [0.05, 0.1) is 11.6 Å². The first-order valence-corrected chi connectivity index (χ1v) is 8.75. The van der Waals surface area contributed by atoms with Crippen LogP contribution in [0.2, 0.25) is 0 Å². The highest BCUT2D eigenvalue weighted by atomic mass is 16.4. The van der Waals surface area contributed by atoms with Gasteiger partial charge in [0.2, 0.25) is 0 Å². The van der Waals surface area contributed by atoms with Crippen molar-refractivity contribution in [3.05, 3.63) is 64.2 Å². The molecule has 3 atom stereocenters. The Morgan fingerprint density at radius 1 is 1.12 bits per heavy atom. The number of carboxylic acids is 1. The van der Waals surface area contributed by atoms with E-state index in [0.717, 1.165) is 0 Å². The Labute approximate surface area is 142 Å². The Morgan fingerprint density at radius 3 is 2.58 bits per heavy atom. The van der Waals surface area contributed by atoms with E-state index in [-0.39, 0.29) is 6.04 Å². The summed E-state index contributed by atoms with van der Waals surface area (Å²) in [4.78, 5) is 11.1. The van der Waals surface area contributed by atoms with Gasteiger partial charge in [-0.15, -0.1) is 0 Å². The molecule has 0 unspecified atom stereocenters. The average Bonchev–Trinajstić information content (AvgIpc) is 3.04. The zero-order valence-corrected chi connectivity index (χ0v) is 14.2. The van der Waals surface area contributed by atoms with E-state index < -0.39 is 5.97 Å². The summed E-state index contributed by atoms with van der Waals surface area (Å²) in [5.41, 5.74) is 6.96. The highest BCUT2D eigenvalue weighted by molar-refractivity contribution is 5.87. The van der Waals surface area contributed by atoms with Crippen LogP contribution in [0.5, 0.6) is 0 Å². The first-order valence-electron chi connectivity index (χ1n) is 8.75. The monoisotopic (exact) mass is 321 g/mol. The van der Waals surface area contributed by atoms with Crippen molar-refractivity contribution in [1.29, 1.82) is 0 Å². The Morgan fingerprint density at radius 2 is 1.88 bits per heavy atom. The fraction of sp³-hybridized carbons (Fsp3) is 0.381. The van der Waals surface area contributed by atoms with Crippen LogP contribution >= 0.6 is 0 Å². The maximum absolute atomic E-state index is 11.1. The summed E-state index contributed by atoms with van der Waals surface area (Å²) in [6.07, 6.45) is 3.76. The quantitative estimate of drug-likeness (QED) is 0.813. The molecule has 2 aliphatic rings. The number of rotatable bonds is 2. The first-order chi connectivity index (χ1) is 11.5. The lowest BCUT2D eigenvalue weighted by atomic mass is 9.76. The van der Waals surface area contributed by atoms with Crippen molar-refractivity contribution in [2.24, 2.45) is 5.92 Å². The number of hydrogen-bond acceptors (Lipinski definition) is 2. The molecule has 0 aromatic heterocycles. The number of nitrogens with one attached hydrogen (secondary N) is 1. The largest absolute Gasteiger partial charge is 0.478 e. The molecule has 4 rings (SSSR count). The van der Waals surface area contributed by atoms with Crippen LogP contribution < -0.4 is 5.32 Å². The highest BCUT2D eigenvalue weighted by Gasteiger charge is 2.40. The molecule has 3 heteroatoms. The zero-order chi connectivity index (χ0) is 16.8. The van der Waals surface area contributed by atoms with Gasteiger partial charge in [0.1, 0.15) is 0 Å². The minimum absolute atomic E-state index is 0.272. The fourth-order valence-electron chi connectivity index (χ4n) is 4.69. The molecule has 1 heterocycles. The molecule has 2 aromatic rings. The second-order valence-electron chi connectivity index (χ2n) is 7.30. The molecule has 1 aliphatic heterocycles. The standard InChI is InChI=1S/C21H23NO2/c1-12-10-13(2)19-18(11-12)16-4-3-5-17(16)20(22-19)14-6-8-15(9-7-14)21(23)24/h6-11,16-17,20,22H,3-5H2,1-2H3,(H,23,24)/t16-,17+,20+/m1/s1. The maximum atomic E-state index is 11.1. The van der Waals surface area contributed by atoms with Crippen LogP contribution in [0, 0.1) is 19.8 Å². The van der Waals surface area contributed by atoms with Crippen molar-refractivity contribution in [2.75, 3.05) is 5.32 Å². The van der Waals surface area contributed by atoms with E-state index in [2.05, 4.69) is 31.3 Å². The number of anilines is 1. The van der Waals surface area contributed by atoms with Crippen molar-refractivity contribution < 1.29 is 9.90 Å². The number of aromatic carboxylic acids is 1. The van der Waals surface area contributed by atoms with Crippen LogP contribution in [0.1, 0.15) is 63.8 Å². The molecule has 124 valence electrons. The summed E-state index contributed by atoms with van der Waals surface area (Å²) < 4.78 is 0. The van der Waals surface area contributed by atoms with Crippen LogP contribution in [0.4, 0.5) is 5.69 Å². The lowest BCUT2D eigenvalue weighted by molar-refractivity contribution is 0.0697. The average molecular weight is 321 g/mol. The number of hydrogen-bond donors (Lipinski definition) is 2. The minimum atomic E-state index is -0.867. The number of carbonyl (C=O) groups is 1. The molecule has 0 bridgehead atoms. The summed E-state index contributed by atoms with van der Waals surface area (Å²) in [7, 11) is 0. The zero-order valence-electron chi connectivity index (χ0n) is 14.2. The third-order valence-corrected chi connectivity index (χ3v) is 5.72. The molecule has 1 saturated carbocycles. The molecular weight excluding hydrogens is 298 g/mol. The van der Waals surface area contributed by atoms with Gasteiger partial charge >= 0.3 is 5.97 Å². The van der Waals surface area contributed by atoms with Crippen molar-refractivity contribution in [3.8, 4) is 0 Å². The highest BCUT2D eigenvalue weighted by Crippen LogP contribution is 2.53. The Kier molecular flexibility index (Phi) is 3.60. The molecule has 0 radical (unpaired) electrons. The number of aryl methyl sites for hydroxylation is 2. The second-order valence-corrected chi connectivity index (χ2v) is 7.30. The minimum Gasteiger partial charge on any atom is -0.478 e. The van der Waals surface area contributed by atoms with Gasteiger partial charge in [-0.1, -0.05) is 36.2 Å². The van der Waals surface area contributed by atoms with Crippen LogP contribution in [-0.2, 0) is 0 Å². The first kappa shape index (κ1) is 15.3. The van der Waals surface area contributed by atoms with Gasteiger partial charge < -0.3 is 10.4 Å². The van der Waals surface area contributed by atoms with Crippen LogP contribution in [0.25, 0.3) is 0 Å². The lowest BCUT2D eigenvalue weighted by Crippen LogP contribution is -2.29. The molecule has 1 fully saturated rings. The number of fused-ring (bicyclic) bond motifs is 3. The summed E-state index contributed by atoms with van der Waals surface area (Å²) in [5.74, 6) is 0.340. The van der Waals surface area contributed by atoms with E-state index in [1.807, 2.05) is 12.1 Å². The SMILES string of the molecule is Cc1cc(C)c2c(c1)[C@@H]1CCC[C@@H]1[C@H](c1ccc(C(=O)O)cc1)N2. The van der Waals surface area contributed by atoms with Crippen LogP contribution in [0.15, 0.2) is 36.4 Å². The van der Waals surface area contributed by atoms with Gasteiger partial charge in [0.25, 0.3) is 0 Å². The van der Waals surface area contributed by atoms with Crippen molar-refractivity contribution in [1.82, 2.24) is 0 Å². The molecule has 2 aromatic carbocycles. The van der Waals surface area contributed by atoms with Gasteiger partial charge in [0.15, 0.2) is 0 Å². The molecule has 24 heavy (non-hydrogen) atoms. The molecule has 1 aliphatic carbocycles. The van der Waals surface area contributed by atoms with E-state index in [1.165, 1.54) is 47.2 Å². The van der Waals surface area contributed by atoms with Gasteiger partial charge in [-0.25, -0.2) is 4.79 Å². The molecule has 3 nitrogen and oxygen atoms in total. The number of benzene rings is 2. The van der Waals surface area contributed by atoms with E-state index in [1.54, 1.807) is 12.1 Å². The Hall–Kier alpha value is -2.29. The van der Waals surface area contributed by atoms with Crippen LogP contribution in [-0.4, -0.2) is 11.1 Å². The van der Waals surface area contributed by atoms with E-state index in [4.69, 9.17) is 5.11 Å². The fourth-order valence-corrected chi connectivity index (χ4v) is 4.69. The van der Waals surface area contributed by atoms with Crippen molar-refractivity contribution in [2.45, 2.75) is 45.1 Å². The summed E-state index contributed by atoms with van der Waals surface area (Å²) >= 11 is 0. The molecule has 2 N–H and O–H groups in total. The van der Waals surface area contributed by atoms with Crippen molar-refractivity contribution in [3.63, 3.8) is 0 Å². The normalized spacial score (nSPS) is 24.8. The smallest absolute Gasteiger partial charge is 0.335 e. The molecule has 0 spiro atoms. The van der Waals surface area contributed by atoms with Gasteiger partial charge in [-0.05, 0) is 67.3 Å². The van der Waals surface area contributed by atoms with Crippen LogP contribution in [0.3, 0.4) is 0 Å². The summed E-state index contributed by atoms with van der Waals surface area (Å²) in [6, 6.07) is 12.3. The van der Waals surface area contributed by atoms with Gasteiger partial charge in [-0.3, -0.25) is 0 Å². The maximum Gasteiger partial charge on any atom is 0.335 e. The topological polar surface area (TPSA) is 49.3 Å². The third-order valence-electron chi connectivity index (χ3n) is 5.72. The van der Waals surface area contributed by atoms with E-state index in [9.17, 15) is 4.79 Å². The Balaban J connectivity index is 1.76. The molecule has 0 saturated heterocycles. The third kappa shape index (κ3) is 2.39. The van der Waals surface area contributed by atoms with Gasteiger partial charge in [0, 0.05) is 5.69 Å². The summed E-state index contributed by atoms with van der Waals surface area (Å²) in [6.45, 7) is 4.35. The number of carboxylic acid groups (broad SMARTS) is 1. The van der Waals surface area contributed by atoms with E-state index >= 15 is 0 Å². The van der Waals surface area contributed by atoms with E-state index in [0.29, 0.717) is 17.4 Å². The second kappa shape index (κ2) is 5.66. The molecule has 0 amide bonds. The predicted molar refractivity (Wildman–Crippen MR) is 95.8 cm³/mol. The molecular formula is C21H23NO2. The lowest BCUT2D eigenvalue weighted by Gasteiger charge is -2.38.